The van der Waals surface area contributed by atoms with E-state index >= 15 is 0 Å². The second-order valence-electron chi connectivity index (χ2n) is 9.14. The number of esters is 2. The summed E-state index contributed by atoms with van der Waals surface area (Å²) in [4.78, 5) is 54.1. The zero-order valence-corrected chi connectivity index (χ0v) is 23.4. The van der Waals surface area contributed by atoms with Gasteiger partial charge in [-0.05, 0) is 36.4 Å². The van der Waals surface area contributed by atoms with Crippen molar-refractivity contribution in [2.24, 2.45) is 14.1 Å². The van der Waals surface area contributed by atoms with Crippen molar-refractivity contribution in [2.75, 3.05) is 14.2 Å². The van der Waals surface area contributed by atoms with E-state index in [1.165, 1.54) is 21.2 Å². The third kappa shape index (κ3) is 4.62. The maximum atomic E-state index is 14.1. The van der Waals surface area contributed by atoms with E-state index in [0.717, 1.165) is 32.2 Å². The minimum absolute atomic E-state index is 0.431. The monoisotopic (exact) mass is 561 g/mol. The summed E-state index contributed by atoms with van der Waals surface area (Å²) in [6.45, 7) is 0. The Kier molecular flexibility index (Phi) is 8.35. The smallest absolute Gasteiger partial charge is 0.349 e. The largest absolute Gasteiger partial charge is 0.494 e. The van der Waals surface area contributed by atoms with E-state index in [1.807, 2.05) is 91.0 Å². The van der Waals surface area contributed by atoms with Crippen molar-refractivity contribution < 1.29 is 24.2 Å². The number of hydrogen-bond acceptors (Lipinski definition) is 7. The van der Waals surface area contributed by atoms with Gasteiger partial charge in [-0.25, -0.2) is 9.59 Å². The number of benzene rings is 3. The van der Waals surface area contributed by atoms with E-state index in [2.05, 4.69) is 0 Å². The summed E-state index contributed by atoms with van der Waals surface area (Å²) < 4.78 is 12.2. The minimum atomic E-state index is -3.23. The molecule has 4 rings (SSSR count). The van der Waals surface area contributed by atoms with Crippen molar-refractivity contribution in [3.05, 3.63) is 117 Å². The lowest BCUT2D eigenvalue weighted by molar-refractivity contribution is -0.148. The summed E-state index contributed by atoms with van der Waals surface area (Å²) in [5, 5.41) is 13.4. The highest BCUT2D eigenvalue weighted by atomic mass is 31.2. The van der Waals surface area contributed by atoms with Gasteiger partial charge >= 0.3 is 17.6 Å². The standard InChI is InChI=1S/C30H29N2O7P/c1-31-26(33)24(27(34)32(2)30(31)37)23(28(35)38-3)25(29(36)39-4)40(20-14-8-5-9-15-20,21-16-10-6-11-17-21)22-18-12-7-13-19-22/h5-19,23,25H,1-4H3/p+1. The van der Waals surface area contributed by atoms with Crippen LogP contribution in [0.3, 0.4) is 0 Å². The fraction of sp³-hybridized carbons (Fsp3) is 0.200. The van der Waals surface area contributed by atoms with Gasteiger partial charge in [0.2, 0.25) is 5.88 Å². The molecule has 2 atom stereocenters. The molecule has 9 nitrogen and oxygen atoms in total. The average Bonchev–Trinajstić information content (AvgIpc) is 3.01. The number of nitrogens with zero attached hydrogens (tertiary/aromatic N) is 2. The highest BCUT2D eigenvalue weighted by molar-refractivity contribution is 7.97. The molecule has 0 aliphatic carbocycles. The van der Waals surface area contributed by atoms with Gasteiger partial charge in [0, 0.05) is 14.1 Å². The molecule has 1 aromatic heterocycles. The van der Waals surface area contributed by atoms with E-state index in [1.54, 1.807) is 0 Å². The van der Waals surface area contributed by atoms with E-state index < -0.39 is 53.5 Å². The Morgan fingerprint density at radius 1 is 0.700 bits per heavy atom. The Labute approximate surface area is 231 Å². The van der Waals surface area contributed by atoms with Gasteiger partial charge in [0.1, 0.15) is 29.1 Å². The third-order valence-electron chi connectivity index (χ3n) is 7.10. The lowest BCUT2D eigenvalue weighted by atomic mass is 9.96. The molecule has 3 aromatic carbocycles. The van der Waals surface area contributed by atoms with Crippen molar-refractivity contribution in [3.8, 4) is 5.88 Å². The van der Waals surface area contributed by atoms with Crippen LogP contribution in [0.1, 0.15) is 11.5 Å². The molecule has 0 amide bonds. The van der Waals surface area contributed by atoms with Gasteiger partial charge in [-0.1, -0.05) is 54.6 Å². The van der Waals surface area contributed by atoms with Crippen LogP contribution in [0.25, 0.3) is 0 Å². The molecule has 0 radical (unpaired) electrons. The predicted octanol–water partition coefficient (Wildman–Crippen LogP) is 1.58. The van der Waals surface area contributed by atoms with Crippen molar-refractivity contribution in [1.29, 1.82) is 0 Å². The molecule has 1 N–H and O–H groups in total. The molecule has 2 unspecified atom stereocenters. The summed E-state index contributed by atoms with van der Waals surface area (Å²) >= 11 is 0. The fourth-order valence-electron chi connectivity index (χ4n) is 5.22. The second-order valence-corrected chi connectivity index (χ2v) is 12.7. The first-order chi connectivity index (χ1) is 19.2. The molecule has 40 heavy (non-hydrogen) atoms. The first kappa shape index (κ1) is 28.5. The molecule has 0 spiro atoms. The SMILES string of the molecule is COC(=O)C(c1c(O)n(C)c(=O)n(C)c1=O)C(C(=O)OC)[P+](c1ccccc1)(c1ccccc1)c1ccccc1. The molecule has 0 saturated heterocycles. The number of carbonyl (C=O) groups is 2. The molecular weight excluding hydrogens is 531 g/mol. The summed E-state index contributed by atoms with van der Waals surface area (Å²) in [5.41, 5.74) is -3.51. The highest BCUT2D eigenvalue weighted by Crippen LogP contribution is 2.63. The number of hydrogen-bond donors (Lipinski definition) is 1. The van der Waals surface area contributed by atoms with Crippen LogP contribution in [-0.2, 0) is 33.2 Å². The highest BCUT2D eigenvalue weighted by Gasteiger charge is 2.62. The van der Waals surface area contributed by atoms with Crippen LogP contribution in [0.5, 0.6) is 5.88 Å². The number of aromatic nitrogens is 2. The predicted molar refractivity (Wildman–Crippen MR) is 154 cm³/mol. The van der Waals surface area contributed by atoms with Crippen molar-refractivity contribution in [1.82, 2.24) is 9.13 Å². The number of carbonyl (C=O) groups excluding carboxylic acids is 2. The Morgan fingerprint density at radius 2 is 1.10 bits per heavy atom. The Hall–Kier alpha value is -4.49. The van der Waals surface area contributed by atoms with E-state index in [0.29, 0.717) is 0 Å². The van der Waals surface area contributed by atoms with Crippen molar-refractivity contribution in [2.45, 2.75) is 11.6 Å². The first-order valence-corrected chi connectivity index (χ1v) is 14.3. The number of aromatic hydroxyl groups is 1. The average molecular weight is 562 g/mol. The minimum Gasteiger partial charge on any atom is -0.494 e. The lowest BCUT2D eigenvalue weighted by Gasteiger charge is -2.36. The summed E-state index contributed by atoms with van der Waals surface area (Å²) in [5.74, 6) is -4.09. The lowest BCUT2D eigenvalue weighted by Crippen LogP contribution is -2.50. The molecule has 0 saturated carbocycles. The zero-order chi connectivity index (χ0) is 29.0. The van der Waals surface area contributed by atoms with Crippen molar-refractivity contribution in [3.63, 3.8) is 0 Å². The molecule has 0 aliphatic rings. The Bertz CT molecular complexity index is 1540. The normalized spacial score (nSPS) is 12.8. The summed E-state index contributed by atoms with van der Waals surface area (Å²) in [7, 11) is 1.63. The molecular formula is C30H30N2O7P+. The quantitative estimate of drug-likeness (QED) is 0.257. The molecule has 206 valence electrons. The Morgan fingerprint density at radius 3 is 1.48 bits per heavy atom. The van der Waals surface area contributed by atoms with Gasteiger partial charge in [0.25, 0.3) is 5.56 Å². The maximum absolute atomic E-state index is 14.1. The molecule has 1 heterocycles. The topological polar surface area (TPSA) is 117 Å². The van der Waals surface area contributed by atoms with Crippen LogP contribution in [-0.4, -0.2) is 46.1 Å². The number of methoxy groups -OCH3 is 2. The van der Waals surface area contributed by atoms with Gasteiger partial charge in [-0.3, -0.25) is 18.7 Å². The number of rotatable bonds is 8. The zero-order valence-electron chi connectivity index (χ0n) is 22.6. The van der Waals surface area contributed by atoms with Gasteiger partial charge in [-0.15, -0.1) is 0 Å². The molecule has 0 bridgehead atoms. The summed E-state index contributed by atoms with van der Waals surface area (Å²) in [6.07, 6.45) is 0. The van der Waals surface area contributed by atoms with Crippen LogP contribution in [0.15, 0.2) is 101 Å². The van der Waals surface area contributed by atoms with Gasteiger partial charge < -0.3 is 14.6 Å². The number of ether oxygens (including phenoxy) is 2. The van der Waals surface area contributed by atoms with Crippen LogP contribution >= 0.6 is 7.26 Å². The molecule has 0 fully saturated rings. The van der Waals surface area contributed by atoms with E-state index in [9.17, 15) is 24.3 Å². The van der Waals surface area contributed by atoms with Gasteiger partial charge in [0.05, 0.1) is 19.8 Å². The van der Waals surface area contributed by atoms with Gasteiger partial charge in [-0.2, -0.15) is 0 Å². The molecule has 0 aliphatic heterocycles. The second kappa shape index (κ2) is 11.7. The van der Waals surface area contributed by atoms with Crippen LogP contribution < -0.4 is 27.2 Å². The van der Waals surface area contributed by atoms with Crippen molar-refractivity contribution >= 4 is 35.1 Å². The summed E-state index contributed by atoms with van der Waals surface area (Å²) in [6, 6.07) is 27.8. The van der Waals surface area contributed by atoms with Crippen LogP contribution in [0.4, 0.5) is 0 Å². The first-order valence-electron chi connectivity index (χ1n) is 12.4. The van der Waals surface area contributed by atoms with E-state index in [-0.39, 0.29) is 0 Å². The third-order valence-corrected chi connectivity index (χ3v) is 11.8. The molecule has 10 heteroatoms. The fourth-order valence-corrected chi connectivity index (χ4v) is 10.1. The van der Waals surface area contributed by atoms with E-state index in [4.69, 9.17) is 9.47 Å². The Balaban J connectivity index is 2.27. The van der Waals surface area contributed by atoms with Crippen LogP contribution in [0.2, 0.25) is 0 Å². The van der Waals surface area contributed by atoms with Gasteiger partial charge in [0.15, 0.2) is 5.66 Å². The van der Waals surface area contributed by atoms with Crippen LogP contribution in [0, 0.1) is 0 Å². The molecule has 4 aromatic rings. The maximum Gasteiger partial charge on any atom is 0.349 e.